The molecule has 0 aromatic carbocycles. The summed E-state index contributed by atoms with van der Waals surface area (Å²) in [6.45, 7) is 5.17. The molecule has 0 heterocycles. The molecule has 0 saturated heterocycles. The second-order valence-electron chi connectivity index (χ2n) is 11.5. The molecule has 0 rings (SSSR count). The zero-order valence-electron chi connectivity index (χ0n) is 24.9. The van der Waals surface area contributed by atoms with Gasteiger partial charge in [-0.3, -0.25) is 13.8 Å². The topological polar surface area (TPSA) is 82.1 Å². The summed E-state index contributed by atoms with van der Waals surface area (Å²) in [6.07, 6.45) is 17.9. The Hall–Kier alpha value is -0.110. The highest BCUT2D eigenvalue weighted by molar-refractivity contribution is 7.99. The van der Waals surface area contributed by atoms with E-state index in [0.717, 1.165) is 18.6 Å². The molecule has 3 unspecified atom stereocenters. The van der Waals surface area contributed by atoms with Crippen molar-refractivity contribution in [3.63, 3.8) is 0 Å². The van der Waals surface area contributed by atoms with Crippen molar-refractivity contribution in [2.24, 2.45) is 11.8 Å². The van der Waals surface area contributed by atoms with E-state index in [0.29, 0.717) is 16.8 Å². The first kappa shape index (κ1) is 36.9. The predicted molar refractivity (Wildman–Crippen MR) is 157 cm³/mol. The number of thioether (sulfide) groups is 1. The third kappa shape index (κ3) is 24.7. The van der Waals surface area contributed by atoms with Crippen LogP contribution in [0.3, 0.4) is 0 Å². The number of rotatable bonds is 26. The van der Waals surface area contributed by atoms with Crippen molar-refractivity contribution in [2.45, 2.75) is 104 Å². The fraction of sp³-hybridized carbons (Fsp3) is 0.964. The van der Waals surface area contributed by atoms with Crippen LogP contribution in [0.15, 0.2) is 0 Å². The molecule has 3 atom stereocenters. The average molecular weight is 569 g/mol. The summed E-state index contributed by atoms with van der Waals surface area (Å²) in [7, 11) is 3.40. The molecule has 9 heteroatoms. The van der Waals surface area contributed by atoms with Gasteiger partial charge in [-0.05, 0) is 18.1 Å². The Morgan fingerprint density at radius 2 is 1.38 bits per heavy atom. The second-order valence-corrected chi connectivity index (χ2v) is 14.0. The first-order valence-corrected chi connectivity index (χ1v) is 17.2. The van der Waals surface area contributed by atoms with Gasteiger partial charge in [-0.1, -0.05) is 97.3 Å². The maximum atomic E-state index is 12.2. The molecule has 0 saturated carbocycles. The van der Waals surface area contributed by atoms with Crippen molar-refractivity contribution >= 4 is 25.6 Å². The van der Waals surface area contributed by atoms with Crippen LogP contribution in [0.5, 0.6) is 0 Å². The van der Waals surface area contributed by atoms with E-state index in [1.807, 2.05) is 28.1 Å². The van der Waals surface area contributed by atoms with Crippen LogP contribution < -0.4 is 0 Å². The van der Waals surface area contributed by atoms with E-state index in [2.05, 4.69) is 6.92 Å². The third-order valence-electron chi connectivity index (χ3n) is 6.45. The molecule has 1 N–H and O–H groups in total. The summed E-state index contributed by atoms with van der Waals surface area (Å²) in [5.41, 5.74) is 0. The number of nitrogens with zero attached hydrogens (tertiary/aromatic N) is 1. The highest BCUT2D eigenvalue weighted by Gasteiger charge is 2.24. The minimum atomic E-state index is -4.04. The van der Waals surface area contributed by atoms with Crippen molar-refractivity contribution < 1.29 is 32.5 Å². The molecule has 0 aliphatic rings. The number of phosphoric ester groups is 1. The van der Waals surface area contributed by atoms with Crippen molar-refractivity contribution in [1.29, 1.82) is 0 Å². The molecule has 222 valence electrons. The van der Waals surface area contributed by atoms with Crippen LogP contribution in [0.4, 0.5) is 0 Å². The van der Waals surface area contributed by atoms with E-state index in [9.17, 15) is 14.3 Å². The van der Waals surface area contributed by atoms with Crippen LogP contribution in [0.1, 0.15) is 104 Å². The van der Waals surface area contributed by atoms with Gasteiger partial charge in [0.2, 0.25) is 0 Å². The number of quaternary nitrogens is 1. The predicted octanol–water partition coefficient (Wildman–Crippen LogP) is 7.47. The number of carbonyl (C=O) groups is 1. The molecule has 0 aliphatic heterocycles. The Morgan fingerprint density at radius 1 is 0.865 bits per heavy atom. The van der Waals surface area contributed by atoms with Gasteiger partial charge in [0.25, 0.3) is 0 Å². The fourth-order valence-electron chi connectivity index (χ4n) is 3.99. The Kier molecular flexibility index (Phi) is 22.6. The quantitative estimate of drug-likeness (QED) is 0.0502. The zero-order chi connectivity index (χ0) is 28.0. The van der Waals surface area contributed by atoms with Gasteiger partial charge in [0.1, 0.15) is 13.2 Å². The summed E-state index contributed by atoms with van der Waals surface area (Å²) in [6, 6.07) is 0. The number of ether oxygens (including phenoxy) is 1. The molecule has 7 nitrogen and oxygen atoms in total. The largest absolute Gasteiger partial charge is 0.472 e. The molecule has 0 fully saturated rings. The first-order chi connectivity index (χ1) is 17.5. The fourth-order valence-corrected chi connectivity index (χ4v) is 6.04. The maximum absolute atomic E-state index is 12.2. The van der Waals surface area contributed by atoms with Crippen LogP contribution in [-0.4, -0.2) is 74.9 Å². The van der Waals surface area contributed by atoms with Gasteiger partial charge >= 0.3 is 13.8 Å². The highest BCUT2D eigenvalue weighted by Crippen LogP contribution is 2.43. The van der Waals surface area contributed by atoms with Gasteiger partial charge in [0, 0.05) is 5.75 Å². The van der Waals surface area contributed by atoms with E-state index >= 15 is 0 Å². The van der Waals surface area contributed by atoms with Gasteiger partial charge < -0.3 is 14.1 Å². The third-order valence-corrected chi connectivity index (χ3v) is 8.88. The van der Waals surface area contributed by atoms with Crippen LogP contribution in [0.2, 0.25) is 0 Å². The number of unbranched alkanes of at least 4 members (excludes halogenated alkanes) is 12. The number of hydrogen-bond acceptors (Lipinski definition) is 6. The van der Waals surface area contributed by atoms with E-state index in [1.165, 1.54) is 84.2 Å². The molecule has 0 aromatic rings. The van der Waals surface area contributed by atoms with Crippen molar-refractivity contribution in [3.8, 4) is 0 Å². The normalized spacial score (nSPS) is 15.3. The van der Waals surface area contributed by atoms with Crippen LogP contribution in [0, 0.1) is 11.8 Å². The Balaban J connectivity index is 3.94. The highest BCUT2D eigenvalue weighted by atomic mass is 32.2. The number of carbonyl (C=O) groups excluding carboxylic acids is 1. The smallest absolute Gasteiger partial charge is 0.469 e. The van der Waals surface area contributed by atoms with Gasteiger partial charge in [-0.25, -0.2) is 4.57 Å². The molecule has 0 aliphatic carbocycles. The van der Waals surface area contributed by atoms with Crippen molar-refractivity contribution in [2.75, 3.05) is 59.5 Å². The lowest BCUT2D eigenvalue weighted by Gasteiger charge is -2.24. The molecular formula is C28H59NO6PS+. The number of likely N-dealkylation sites (N-methyl/N-ethyl adjacent to an activating group) is 1. The molecular weight excluding hydrogens is 509 g/mol. The number of hydrogen-bond donors (Lipinski definition) is 1. The lowest BCUT2D eigenvalue weighted by Crippen LogP contribution is -2.37. The van der Waals surface area contributed by atoms with E-state index in [1.54, 1.807) is 11.8 Å². The van der Waals surface area contributed by atoms with Crippen molar-refractivity contribution in [1.82, 2.24) is 0 Å². The zero-order valence-corrected chi connectivity index (χ0v) is 26.6. The molecule has 37 heavy (non-hydrogen) atoms. The Labute approximate surface area is 233 Å². The van der Waals surface area contributed by atoms with Gasteiger partial charge in [0.15, 0.2) is 0 Å². The second kappa shape index (κ2) is 22.7. The Bertz CT molecular complexity index is 602. The minimum Gasteiger partial charge on any atom is -0.469 e. The lowest BCUT2D eigenvalue weighted by atomic mass is 10.0. The monoisotopic (exact) mass is 568 g/mol. The van der Waals surface area contributed by atoms with Crippen LogP contribution >= 0.6 is 19.6 Å². The summed E-state index contributed by atoms with van der Waals surface area (Å²) in [5, 5.41) is 0. The SMILES string of the molecule is CCCCCCCCCCCCCCCC(CSCC(C)COP(=O)(O)OCC[N+](C)(C)C)C(=O)OC. The Morgan fingerprint density at radius 3 is 1.86 bits per heavy atom. The summed E-state index contributed by atoms with van der Waals surface area (Å²) in [5.74, 6) is 1.28. The number of phosphoric acid groups is 1. The molecule has 0 radical (unpaired) electrons. The number of esters is 1. The molecule has 0 aromatic heterocycles. The standard InChI is InChI=1S/C28H58NO6PS/c1-7-8-9-10-11-12-13-14-15-16-17-18-19-20-27(28(30)33-6)25-37-24-26(2)23-35-36(31,32)34-22-21-29(3,4)5/h26-27H,7-25H2,1-6H3/p+1. The van der Waals surface area contributed by atoms with Gasteiger partial charge in [-0.15, -0.1) is 0 Å². The summed E-state index contributed by atoms with van der Waals surface area (Å²) in [4.78, 5) is 22.1. The van der Waals surface area contributed by atoms with Crippen molar-refractivity contribution in [3.05, 3.63) is 0 Å². The number of methoxy groups -OCH3 is 1. The van der Waals surface area contributed by atoms with Gasteiger partial charge in [-0.2, -0.15) is 11.8 Å². The van der Waals surface area contributed by atoms with Crippen LogP contribution in [-0.2, 0) is 23.1 Å². The summed E-state index contributed by atoms with van der Waals surface area (Å²) < 4.78 is 27.9. The lowest BCUT2D eigenvalue weighted by molar-refractivity contribution is -0.870. The maximum Gasteiger partial charge on any atom is 0.472 e. The summed E-state index contributed by atoms with van der Waals surface area (Å²) >= 11 is 1.67. The van der Waals surface area contributed by atoms with E-state index < -0.39 is 7.82 Å². The minimum absolute atomic E-state index is 0.0714. The first-order valence-electron chi connectivity index (χ1n) is 14.6. The van der Waals surface area contributed by atoms with Gasteiger partial charge in [0.05, 0.1) is 40.8 Å². The molecule has 0 bridgehead atoms. The molecule has 0 spiro atoms. The average Bonchev–Trinajstić information content (AvgIpc) is 2.83. The van der Waals surface area contributed by atoms with E-state index in [4.69, 9.17) is 13.8 Å². The molecule has 0 amide bonds. The van der Waals surface area contributed by atoms with Crippen LogP contribution in [0.25, 0.3) is 0 Å². The van der Waals surface area contributed by atoms with E-state index in [-0.39, 0.29) is 31.0 Å².